The highest BCUT2D eigenvalue weighted by Gasteiger charge is 2.06. The van der Waals surface area contributed by atoms with Crippen molar-refractivity contribution < 1.29 is 22.9 Å². The number of hydrogen-bond donors (Lipinski definition) is 3. The molecule has 118 valence electrons. The van der Waals surface area contributed by atoms with E-state index in [4.69, 9.17) is 9.66 Å². The normalized spacial score (nSPS) is 10.3. The van der Waals surface area contributed by atoms with Crippen molar-refractivity contribution in [2.45, 2.75) is 11.8 Å². The van der Waals surface area contributed by atoms with Gasteiger partial charge in [0.2, 0.25) is 0 Å². The van der Waals surface area contributed by atoms with Gasteiger partial charge in [0.05, 0.1) is 4.90 Å². The molecule has 0 heterocycles. The Balaban J connectivity index is 0.000000220. The fourth-order valence-electron chi connectivity index (χ4n) is 1.44. The van der Waals surface area contributed by atoms with Crippen molar-refractivity contribution in [3.05, 3.63) is 60.2 Å². The second-order valence-electron chi connectivity index (χ2n) is 4.40. The van der Waals surface area contributed by atoms with Crippen LogP contribution in [-0.2, 0) is 14.9 Å². The van der Waals surface area contributed by atoms with E-state index in [1.807, 2.05) is 37.3 Å². The van der Waals surface area contributed by atoms with Crippen molar-refractivity contribution >= 4 is 21.8 Å². The fraction of sp³-hybridized carbons (Fsp3) is 0.133. The van der Waals surface area contributed by atoms with Crippen LogP contribution < -0.4 is 5.32 Å². The number of benzene rings is 2. The van der Waals surface area contributed by atoms with Gasteiger partial charge >= 0.3 is 5.97 Å². The maximum Gasteiger partial charge on any atom is 0.322 e. The maximum atomic E-state index is 10.5. The van der Waals surface area contributed by atoms with Crippen LogP contribution in [0.15, 0.2) is 59.5 Å². The molecule has 6 nitrogen and oxygen atoms in total. The highest BCUT2D eigenvalue weighted by atomic mass is 32.2. The van der Waals surface area contributed by atoms with Crippen molar-refractivity contribution in [2.24, 2.45) is 0 Å². The Morgan fingerprint density at radius 2 is 1.59 bits per heavy atom. The second kappa shape index (κ2) is 8.16. The standard InChI is InChI=1S/C8H9NO2.C7H8O3S/c10-8(11)6-9-7-4-2-1-3-5-7;1-6-2-4-7(5-3-6)11(8,9)10/h1-5,9H,6H2,(H,10,11);2-5H,1H3,(H,8,9,10). The number of hydrogen-bond acceptors (Lipinski definition) is 4. The largest absolute Gasteiger partial charge is 0.480 e. The lowest BCUT2D eigenvalue weighted by Crippen LogP contribution is -2.11. The van der Waals surface area contributed by atoms with E-state index in [9.17, 15) is 13.2 Å². The zero-order valence-electron chi connectivity index (χ0n) is 11.9. The zero-order chi connectivity index (χ0) is 16.6. The molecule has 0 amide bonds. The summed E-state index contributed by atoms with van der Waals surface area (Å²) in [6, 6.07) is 15.2. The van der Waals surface area contributed by atoms with Crippen molar-refractivity contribution in [2.75, 3.05) is 11.9 Å². The summed E-state index contributed by atoms with van der Waals surface area (Å²) in [6.45, 7) is 1.80. The molecule has 0 unspecified atom stereocenters. The first-order chi connectivity index (χ1) is 10.3. The van der Waals surface area contributed by atoms with Crippen LogP contribution in [0.1, 0.15) is 5.56 Å². The molecular formula is C15H17NO5S. The highest BCUT2D eigenvalue weighted by Crippen LogP contribution is 2.08. The molecule has 0 aromatic heterocycles. The van der Waals surface area contributed by atoms with Gasteiger partial charge in [0.1, 0.15) is 6.54 Å². The predicted molar refractivity (Wildman–Crippen MR) is 83.6 cm³/mol. The highest BCUT2D eigenvalue weighted by molar-refractivity contribution is 7.85. The molecule has 0 bridgehead atoms. The average Bonchev–Trinajstić information content (AvgIpc) is 2.46. The van der Waals surface area contributed by atoms with Gasteiger partial charge in [-0.1, -0.05) is 35.9 Å². The summed E-state index contributed by atoms with van der Waals surface area (Å²) in [7, 11) is -4.02. The molecule has 22 heavy (non-hydrogen) atoms. The zero-order valence-corrected chi connectivity index (χ0v) is 12.7. The number of aliphatic carboxylic acids is 1. The number of carbonyl (C=O) groups is 1. The third kappa shape index (κ3) is 6.87. The van der Waals surface area contributed by atoms with Crippen molar-refractivity contribution in [1.82, 2.24) is 0 Å². The molecule has 0 saturated heterocycles. The van der Waals surface area contributed by atoms with E-state index in [1.54, 1.807) is 12.1 Å². The molecule has 0 spiro atoms. The Morgan fingerprint density at radius 1 is 1.05 bits per heavy atom. The average molecular weight is 323 g/mol. The van der Waals surface area contributed by atoms with Crippen LogP contribution in [0.5, 0.6) is 0 Å². The van der Waals surface area contributed by atoms with Gasteiger partial charge in [0.15, 0.2) is 0 Å². The Bertz CT molecular complexity index is 696. The third-order valence-corrected chi connectivity index (χ3v) is 3.40. The summed E-state index contributed by atoms with van der Waals surface area (Å²) in [5, 5.41) is 11.1. The lowest BCUT2D eigenvalue weighted by atomic mass is 10.2. The molecule has 0 aliphatic carbocycles. The summed E-state index contributed by atoms with van der Waals surface area (Å²) >= 11 is 0. The third-order valence-electron chi connectivity index (χ3n) is 2.54. The SMILES string of the molecule is Cc1ccc(S(=O)(=O)O)cc1.O=C(O)CNc1ccccc1. The number of rotatable bonds is 4. The molecule has 0 radical (unpaired) electrons. The summed E-state index contributed by atoms with van der Waals surface area (Å²) in [5.74, 6) is -0.853. The van der Waals surface area contributed by atoms with Crippen molar-refractivity contribution in [1.29, 1.82) is 0 Å². The number of carboxylic acid groups (broad SMARTS) is 1. The van der Waals surface area contributed by atoms with E-state index >= 15 is 0 Å². The van der Waals surface area contributed by atoms with Crippen LogP contribution >= 0.6 is 0 Å². The van der Waals surface area contributed by atoms with Crippen molar-refractivity contribution in [3.8, 4) is 0 Å². The predicted octanol–water partition coefficient (Wildman–Crippen LogP) is 2.42. The van der Waals surface area contributed by atoms with Crippen LogP contribution in [0.3, 0.4) is 0 Å². The van der Waals surface area contributed by atoms with E-state index in [0.717, 1.165) is 11.3 Å². The Kier molecular flexibility index (Phi) is 6.55. The molecule has 0 fully saturated rings. The topological polar surface area (TPSA) is 104 Å². The van der Waals surface area contributed by atoms with Gasteiger partial charge in [-0.15, -0.1) is 0 Å². The van der Waals surface area contributed by atoms with Crippen LogP contribution in [0.2, 0.25) is 0 Å². The van der Waals surface area contributed by atoms with Gasteiger partial charge in [0.25, 0.3) is 10.1 Å². The number of anilines is 1. The first kappa shape index (κ1) is 17.7. The summed E-state index contributed by atoms with van der Waals surface area (Å²) in [6.07, 6.45) is 0. The molecule has 2 aromatic rings. The monoisotopic (exact) mass is 323 g/mol. The minimum absolute atomic E-state index is 0.0377. The molecule has 2 rings (SSSR count). The summed E-state index contributed by atoms with van der Waals surface area (Å²) in [5.41, 5.74) is 1.78. The van der Waals surface area contributed by atoms with Gasteiger partial charge in [-0.2, -0.15) is 8.42 Å². The summed E-state index contributed by atoms with van der Waals surface area (Å²) in [4.78, 5) is 10.0. The fourth-order valence-corrected chi connectivity index (χ4v) is 1.92. The Labute approximate surface area is 129 Å². The minimum atomic E-state index is -4.02. The van der Waals surface area contributed by atoms with Gasteiger partial charge < -0.3 is 10.4 Å². The number of carboxylic acids is 1. The molecule has 0 saturated carbocycles. The minimum Gasteiger partial charge on any atom is -0.480 e. The smallest absolute Gasteiger partial charge is 0.322 e. The molecule has 2 aromatic carbocycles. The lowest BCUT2D eigenvalue weighted by molar-refractivity contribution is -0.134. The lowest BCUT2D eigenvalue weighted by Gasteiger charge is -2.00. The quantitative estimate of drug-likeness (QED) is 0.747. The molecule has 7 heteroatoms. The first-order valence-electron chi connectivity index (χ1n) is 6.34. The molecule has 0 aliphatic heterocycles. The van der Waals surface area contributed by atoms with Crippen LogP contribution in [0, 0.1) is 6.92 Å². The number of nitrogens with one attached hydrogen (secondary N) is 1. The van der Waals surface area contributed by atoms with E-state index in [1.165, 1.54) is 12.1 Å². The number of para-hydroxylation sites is 1. The molecular weight excluding hydrogens is 306 g/mol. The van der Waals surface area contributed by atoms with Crippen molar-refractivity contribution in [3.63, 3.8) is 0 Å². The molecule has 0 aliphatic rings. The number of aryl methyl sites for hydroxylation is 1. The maximum absolute atomic E-state index is 10.5. The van der Waals surface area contributed by atoms with Crippen LogP contribution in [0.25, 0.3) is 0 Å². The van der Waals surface area contributed by atoms with E-state index < -0.39 is 16.1 Å². The van der Waals surface area contributed by atoms with Gasteiger partial charge in [-0.25, -0.2) is 0 Å². The second-order valence-corrected chi connectivity index (χ2v) is 5.82. The van der Waals surface area contributed by atoms with Gasteiger partial charge in [0, 0.05) is 5.69 Å². The molecule has 3 N–H and O–H groups in total. The first-order valence-corrected chi connectivity index (χ1v) is 7.78. The Morgan fingerprint density at radius 3 is 2.05 bits per heavy atom. The van der Waals surface area contributed by atoms with Gasteiger partial charge in [-0.05, 0) is 31.2 Å². The van der Waals surface area contributed by atoms with E-state index in [-0.39, 0.29) is 11.4 Å². The van der Waals surface area contributed by atoms with Gasteiger partial charge in [-0.3, -0.25) is 9.35 Å². The van der Waals surface area contributed by atoms with Crippen LogP contribution in [-0.4, -0.2) is 30.6 Å². The van der Waals surface area contributed by atoms with Crippen LogP contribution in [0.4, 0.5) is 5.69 Å². The Hall–Kier alpha value is -2.38. The molecule has 0 atom stereocenters. The summed E-state index contributed by atoms with van der Waals surface area (Å²) < 4.78 is 29.6. The van der Waals surface area contributed by atoms with E-state index in [0.29, 0.717) is 0 Å². The van der Waals surface area contributed by atoms with E-state index in [2.05, 4.69) is 5.32 Å².